The van der Waals surface area contributed by atoms with Gasteiger partial charge in [-0.25, -0.2) is 0 Å². The minimum Gasteiger partial charge on any atom is -0.512 e. The molecular formula is C60H91N3O3S. The number of rotatable bonds is 19. The van der Waals surface area contributed by atoms with E-state index in [0.717, 1.165) is 92.4 Å². The van der Waals surface area contributed by atoms with Gasteiger partial charge in [-0.05, 0) is 149 Å². The van der Waals surface area contributed by atoms with Crippen molar-refractivity contribution >= 4 is 39.8 Å². The number of aliphatic hydroxyl groups excluding tert-OH is 1. The topological polar surface area (TPSA) is 104 Å². The van der Waals surface area contributed by atoms with E-state index < -0.39 is 0 Å². The number of thiophene rings is 1. The number of aldehydes is 1. The Labute approximate surface area is 413 Å². The second kappa shape index (κ2) is 34.6. The maximum Gasteiger partial charge on any atom is 0.258 e. The number of nitrogens with two attached hydrogens (primary N) is 1. The summed E-state index contributed by atoms with van der Waals surface area (Å²) in [5, 5.41) is 16.6. The highest BCUT2D eigenvalue weighted by atomic mass is 32.1. The molecule has 3 aromatic carbocycles. The number of unbranched alkanes of at least 4 members (excludes halogenated alkanes) is 3. The van der Waals surface area contributed by atoms with Gasteiger partial charge in [-0.3, -0.25) is 9.59 Å². The summed E-state index contributed by atoms with van der Waals surface area (Å²) in [7, 11) is 1.90. The maximum absolute atomic E-state index is 13.1. The van der Waals surface area contributed by atoms with Crippen LogP contribution in [0, 0.1) is 11.3 Å². The largest absolute Gasteiger partial charge is 0.512 e. The zero-order valence-electron chi connectivity index (χ0n) is 44.0. The van der Waals surface area contributed by atoms with Crippen LogP contribution in [-0.4, -0.2) is 30.9 Å². The van der Waals surface area contributed by atoms with Crippen molar-refractivity contribution in [2.24, 2.45) is 17.1 Å². The lowest BCUT2D eigenvalue weighted by Gasteiger charge is -2.23. The van der Waals surface area contributed by atoms with Crippen LogP contribution in [0.15, 0.2) is 103 Å². The van der Waals surface area contributed by atoms with Gasteiger partial charge in [0.05, 0.1) is 11.3 Å². The molecule has 0 spiro atoms. The summed E-state index contributed by atoms with van der Waals surface area (Å²) in [4.78, 5) is 24.7. The molecule has 0 saturated carbocycles. The number of hydrogen-bond acceptors (Lipinski definition) is 6. The van der Waals surface area contributed by atoms with Gasteiger partial charge in [-0.2, -0.15) is 0 Å². The SMILES string of the molecule is C=C(O)C(C)(C)CC/C(C)=C/CC.CC(C)CN.CC/C=C(/C)c1ccc(CCc2ccc(NC(=O)c3c(NC)sc4c3CCCC4)cc2)cc1.CCCCCC.CCc1cccc(C=O)c1. The average Bonchev–Trinajstić information content (AvgIpc) is 3.73. The van der Waals surface area contributed by atoms with Gasteiger partial charge in [0.15, 0.2) is 0 Å². The van der Waals surface area contributed by atoms with Crippen LogP contribution < -0.4 is 16.4 Å². The van der Waals surface area contributed by atoms with Crippen LogP contribution in [0.3, 0.4) is 0 Å². The smallest absolute Gasteiger partial charge is 0.258 e. The summed E-state index contributed by atoms with van der Waals surface area (Å²) >= 11 is 1.74. The fraction of sp³-hybridized carbons (Fsp3) is 0.500. The molecule has 0 aliphatic heterocycles. The number of nitrogens with one attached hydrogen (secondary N) is 2. The van der Waals surface area contributed by atoms with Crippen LogP contribution in [-0.2, 0) is 32.1 Å². The molecule has 6 nitrogen and oxygen atoms in total. The number of fused-ring (bicyclic) bond motifs is 1. The Bertz CT molecular complexity index is 2050. The Morgan fingerprint density at radius 3 is 1.91 bits per heavy atom. The van der Waals surface area contributed by atoms with Crippen molar-refractivity contribution in [2.45, 2.75) is 172 Å². The molecule has 0 radical (unpaired) electrons. The first kappa shape index (κ1) is 60.3. The highest BCUT2D eigenvalue weighted by Crippen LogP contribution is 2.38. The van der Waals surface area contributed by atoms with E-state index in [-0.39, 0.29) is 17.1 Å². The van der Waals surface area contributed by atoms with Gasteiger partial charge in [-0.1, -0.05) is 167 Å². The Hall–Kier alpha value is -4.72. The second-order valence-electron chi connectivity index (χ2n) is 18.7. The minimum absolute atomic E-state index is 0.000921. The average molecular weight is 934 g/mol. The van der Waals surface area contributed by atoms with Crippen LogP contribution in [0.2, 0.25) is 0 Å². The minimum atomic E-state index is -0.150. The molecule has 0 atom stereocenters. The molecule has 1 heterocycles. The van der Waals surface area contributed by atoms with E-state index in [1.165, 1.54) is 82.4 Å². The van der Waals surface area contributed by atoms with Gasteiger partial charge in [0.25, 0.3) is 5.91 Å². The van der Waals surface area contributed by atoms with Crippen molar-refractivity contribution in [1.82, 2.24) is 0 Å². The molecule has 0 saturated heterocycles. The van der Waals surface area contributed by atoms with Gasteiger partial charge >= 0.3 is 0 Å². The molecule has 1 aromatic heterocycles. The maximum atomic E-state index is 13.1. The van der Waals surface area contributed by atoms with Crippen molar-refractivity contribution in [1.29, 1.82) is 0 Å². The summed E-state index contributed by atoms with van der Waals surface area (Å²) in [5.41, 5.74) is 16.6. The van der Waals surface area contributed by atoms with E-state index in [1.807, 2.05) is 57.3 Å². The summed E-state index contributed by atoms with van der Waals surface area (Å²) in [6.45, 7) is 27.8. The number of amides is 1. The van der Waals surface area contributed by atoms with Gasteiger partial charge in [0.1, 0.15) is 11.3 Å². The van der Waals surface area contributed by atoms with E-state index in [2.05, 4.69) is 128 Å². The summed E-state index contributed by atoms with van der Waals surface area (Å²) in [6.07, 6.45) is 22.5. The Kier molecular flexibility index (Phi) is 31.1. The highest BCUT2D eigenvalue weighted by molar-refractivity contribution is 7.16. The summed E-state index contributed by atoms with van der Waals surface area (Å²) in [6, 6.07) is 24.8. The first-order valence-corrected chi connectivity index (χ1v) is 26.1. The van der Waals surface area contributed by atoms with Crippen molar-refractivity contribution in [3.8, 4) is 0 Å². The molecule has 5 rings (SSSR count). The molecule has 1 aliphatic carbocycles. The third kappa shape index (κ3) is 24.2. The van der Waals surface area contributed by atoms with Gasteiger partial charge in [0, 0.05) is 28.6 Å². The van der Waals surface area contributed by atoms with Crippen LogP contribution in [0.5, 0.6) is 0 Å². The molecule has 1 aliphatic rings. The number of aliphatic hydroxyl groups is 1. The number of allylic oxidation sites excluding steroid dienone is 5. The molecule has 7 heteroatoms. The normalized spacial score (nSPS) is 12.1. The second-order valence-corrected chi connectivity index (χ2v) is 19.8. The summed E-state index contributed by atoms with van der Waals surface area (Å²) in [5.74, 6) is 0.950. The predicted octanol–water partition coefficient (Wildman–Crippen LogP) is 17.0. The molecule has 1 amide bonds. The first-order chi connectivity index (χ1) is 32.0. The number of hydrogen-bond donors (Lipinski definition) is 4. The van der Waals surface area contributed by atoms with Crippen molar-refractivity contribution in [3.05, 3.63) is 147 Å². The Balaban J connectivity index is 0.000000537. The lowest BCUT2D eigenvalue weighted by Crippen LogP contribution is -2.16. The molecule has 0 unspecified atom stereocenters. The molecular weight excluding hydrogens is 843 g/mol. The molecule has 4 aromatic rings. The van der Waals surface area contributed by atoms with E-state index in [0.29, 0.717) is 5.92 Å². The Morgan fingerprint density at radius 1 is 0.851 bits per heavy atom. The third-order valence-corrected chi connectivity index (χ3v) is 13.2. The van der Waals surface area contributed by atoms with Crippen LogP contribution >= 0.6 is 11.3 Å². The number of carbonyl (C=O) groups excluding carboxylic acids is 2. The lowest BCUT2D eigenvalue weighted by atomic mass is 9.85. The monoisotopic (exact) mass is 934 g/mol. The number of aryl methyl sites for hydroxylation is 4. The Morgan fingerprint density at radius 2 is 1.42 bits per heavy atom. The van der Waals surface area contributed by atoms with E-state index >= 15 is 0 Å². The zero-order chi connectivity index (χ0) is 50.2. The van der Waals surface area contributed by atoms with Crippen molar-refractivity contribution in [2.75, 3.05) is 24.2 Å². The molecule has 370 valence electrons. The lowest BCUT2D eigenvalue weighted by molar-refractivity contribution is 0.102. The fourth-order valence-electron chi connectivity index (χ4n) is 7.07. The quantitative estimate of drug-likeness (QED) is 0.0324. The van der Waals surface area contributed by atoms with E-state index in [9.17, 15) is 14.7 Å². The van der Waals surface area contributed by atoms with Crippen molar-refractivity contribution in [3.63, 3.8) is 0 Å². The fourth-order valence-corrected chi connectivity index (χ4v) is 8.31. The standard InChI is InChI=1S/C29H34N2OS.C12H22O.C9H10O.C6H14.C4H11N/c1-4-7-20(2)23-16-12-21(13-17-23)10-11-22-14-18-24(19-15-22)31-28(32)27-25-8-5-6-9-26(25)33-29(27)30-3;1-6-7-10(2)8-9-12(4,5)11(3)13;1-2-8-4-3-5-9(6-8)7-10;1-3-5-6-4-2;1-4(2)3-5/h7,12-19,30H,4-6,8-11H2,1-3H3,(H,31,32);7,13H,3,6,8-9H2,1-2,4-5H3;3-7H,2H2,1H3;3-6H2,1-2H3;4H,3,5H2,1-2H3/b20-7-;10-7+;;;. The van der Waals surface area contributed by atoms with E-state index in [4.69, 9.17) is 5.73 Å². The van der Waals surface area contributed by atoms with Crippen molar-refractivity contribution < 1.29 is 14.7 Å². The van der Waals surface area contributed by atoms with Crippen LogP contribution in [0.1, 0.15) is 194 Å². The van der Waals surface area contributed by atoms with Crippen LogP contribution in [0.4, 0.5) is 10.7 Å². The number of benzene rings is 3. The first-order valence-electron chi connectivity index (χ1n) is 25.3. The molecule has 0 bridgehead atoms. The molecule has 5 N–H and O–H groups in total. The number of carbonyl (C=O) groups is 2. The molecule has 67 heavy (non-hydrogen) atoms. The van der Waals surface area contributed by atoms with Gasteiger partial charge in [-0.15, -0.1) is 11.3 Å². The van der Waals surface area contributed by atoms with Gasteiger partial charge < -0.3 is 21.5 Å². The molecule has 0 fully saturated rings. The highest BCUT2D eigenvalue weighted by Gasteiger charge is 2.25. The number of anilines is 2. The van der Waals surface area contributed by atoms with Gasteiger partial charge in [0.2, 0.25) is 0 Å². The zero-order valence-corrected chi connectivity index (χ0v) is 44.8. The van der Waals surface area contributed by atoms with E-state index in [1.54, 1.807) is 11.3 Å². The predicted molar refractivity (Wildman–Crippen MR) is 296 cm³/mol. The summed E-state index contributed by atoms with van der Waals surface area (Å²) < 4.78 is 0. The van der Waals surface area contributed by atoms with Crippen LogP contribution in [0.25, 0.3) is 5.57 Å². The third-order valence-electron chi connectivity index (χ3n) is 11.9.